The molecule has 146 valence electrons. The minimum absolute atomic E-state index is 0.262. The summed E-state index contributed by atoms with van der Waals surface area (Å²) in [4.78, 5) is 24.3. The lowest BCUT2D eigenvalue weighted by atomic mass is 10.0. The molecular formula is C22H22O6. The average Bonchev–Trinajstić information content (AvgIpc) is 3.33. The van der Waals surface area contributed by atoms with Gasteiger partial charge in [0.15, 0.2) is 11.5 Å². The quantitative estimate of drug-likeness (QED) is 0.846. The second kappa shape index (κ2) is 7.73. The fourth-order valence-corrected chi connectivity index (χ4v) is 3.93. The molecule has 2 fully saturated rings. The normalized spacial score (nSPS) is 24.4. The van der Waals surface area contributed by atoms with Gasteiger partial charge in [-0.3, -0.25) is 9.59 Å². The number of ether oxygens (including phenoxy) is 2. The zero-order chi connectivity index (χ0) is 19.7. The van der Waals surface area contributed by atoms with Crippen LogP contribution in [-0.2, 0) is 9.47 Å². The Morgan fingerprint density at radius 2 is 1.50 bits per heavy atom. The Morgan fingerprint density at radius 1 is 0.786 bits per heavy atom. The molecule has 6 nitrogen and oxygen atoms in total. The number of hydrogen-bond donors (Lipinski definition) is 2. The third-order valence-electron chi connectivity index (χ3n) is 5.42. The Morgan fingerprint density at radius 3 is 2.29 bits per heavy atom. The van der Waals surface area contributed by atoms with Crippen LogP contribution in [-0.4, -0.2) is 16.8 Å². The maximum Gasteiger partial charge on any atom is 0.220 e. The molecule has 2 aromatic carbocycles. The first kappa shape index (κ1) is 18.7. The summed E-state index contributed by atoms with van der Waals surface area (Å²) in [6.07, 6.45) is 1.86. The topological polar surface area (TPSA) is 93.1 Å². The van der Waals surface area contributed by atoms with Crippen LogP contribution in [0.4, 0.5) is 0 Å². The molecule has 4 rings (SSSR count). The van der Waals surface area contributed by atoms with E-state index in [0.717, 1.165) is 12.8 Å². The largest absolute Gasteiger partial charge is 0.504 e. The van der Waals surface area contributed by atoms with E-state index < -0.39 is 17.0 Å². The van der Waals surface area contributed by atoms with E-state index in [4.69, 9.17) is 9.47 Å². The van der Waals surface area contributed by atoms with Gasteiger partial charge in [0.1, 0.15) is 0 Å². The summed E-state index contributed by atoms with van der Waals surface area (Å²) >= 11 is 0. The van der Waals surface area contributed by atoms with Crippen molar-refractivity contribution in [2.45, 2.75) is 44.0 Å². The molecule has 0 saturated carbocycles. The molecule has 2 N–H and O–H groups in total. The van der Waals surface area contributed by atoms with E-state index in [2.05, 4.69) is 0 Å². The first-order valence-electron chi connectivity index (χ1n) is 9.51. The highest BCUT2D eigenvalue weighted by Gasteiger charge is 2.30. The average molecular weight is 382 g/mol. The molecule has 0 spiro atoms. The molecule has 2 aliphatic heterocycles. The summed E-state index contributed by atoms with van der Waals surface area (Å²) in [5, 5.41) is 20.5. The van der Waals surface area contributed by atoms with Crippen LogP contribution in [0.25, 0.3) is 0 Å². The lowest BCUT2D eigenvalue weighted by Gasteiger charge is -2.13. The van der Waals surface area contributed by atoms with Crippen LogP contribution in [0, 0.1) is 0 Å². The molecule has 0 amide bonds. The van der Waals surface area contributed by atoms with Crippen molar-refractivity contribution in [1.82, 2.24) is 0 Å². The van der Waals surface area contributed by atoms with Crippen molar-refractivity contribution in [3.63, 3.8) is 0 Å². The summed E-state index contributed by atoms with van der Waals surface area (Å²) < 4.78 is 11.7. The fraction of sp³-hybridized carbons (Fsp3) is 0.364. The van der Waals surface area contributed by atoms with Gasteiger partial charge in [-0.05, 0) is 43.4 Å². The lowest BCUT2D eigenvalue weighted by molar-refractivity contribution is 0.0428. The highest BCUT2D eigenvalue weighted by Crippen LogP contribution is 2.42. The van der Waals surface area contributed by atoms with E-state index in [-0.39, 0.29) is 23.7 Å². The van der Waals surface area contributed by atoms with Crippen molar-refractivity contribution in [2.24, 2.45) is 0 Å². The van der Waals surface area contributed by atoms with E-state index in [9.17, 15) is 19.8 Å². The Kier molecular flexibility index (Phi) is 5.15. The molecule has 3 atom stereocenters. The van der Waals surface area contributed by atoms with Crippen LogP contribution in [0.15, 0.2) is 52.1 Å². The molecule has 0 bridgehead atoms. The Hall–Kier alpha value is -2.70. The highest BCUT2D eigenvalue weighted by atomic mass is 16.5. The molecule has 0 aliphatic carbocycles. The fourth-order valence-electron chi connectivity index (χ4n) is 3.93. The predicted octanol–water partition coefficient (Wildman–Crippen LogP) is 3.26. The summed E-state index contributed by atoms with van der Waals surface area (Å²) in [7, 11) is 0. The van der Waals surface area contributed by atoms with E-state index in [1.807, 2.05) is 0 Å². The van der Waals surface area contributed by atoms with E-state index in [0.29, 0.717) is 36.1 Å². The molecule has 6 heteroatoms. The summed E-state index contributed by atoms with van der Waals surface area (Å²) in [5.74, 6) is -0.589. The van der Waals surface area contributed by atoms with E-state index >= 15 is 0 Å². The van der Waals surface area contributed by atoms with Crippen LogP contribution in [0.3, 0.4) is 0 Å². The predicted molar refractivity (Wildman–Crippen MR) is 102 cm³/mol. The highest BCUT2D eigenvalue weighted by molar-refractivity contribution is 5.37. The molecular weight excluding hydrogens is 360 g/mol. The Balaban J connectivity index is 1.63. The summed E-state index contributed by atoms with van der Waals surface area (Å²) in [5.41, 5.74) is 0.698. The van der Waals surface area contributed by atoms with Crippen LogP contribution in [0.2, 0.25) is 0 Å². The van der Waals surface area contributed by atoms with Gasteiger partial charge in [-0.25, -0.2) is 0 Å². The monoisotopic (exact) mass is 382 g/mol. The maximum absolute atomic E-state index is 12.4. The van der Waals surface area contributed by atoms with Gasteiger partial charge in [-0.1, -0.05) is 30.3 Å². The van der Waals surface area contributed by atoms with Crippen molar-refractivity contribution < 1.29 is 19.7 Å². The van der Waals surface area contributed by atoms with Gasteiger partial charge < -0.3 is 19.7 Å². The van der Waals surface area contributed by atoms with Gasteiger partial charge in [0.25, 0.3) is 0 Å². The SMILES string of the molecule is O=c1cc(C2CC[C@H](c3ccccc(=O)c3O)O2)ccc([C@@H]2CCCO2)c1O. The Bertz CT molecular complexity index is 997. The van der Waals surface area contributed by atoms with Crippen molar-refractivity contribution in [3.05, 3.63) is 79.6 Å². The smallest absolute Gasteiger partial charge is 0.220 e. The van der Waals surface area contributed by atoms with Crippen molar-refractivity contribution in [1.29, 1.82) is 0 Å². The van der Waals surface area contributed by atoms with Crippen molar-refractivity contribution in [3.8, 4) is 11.5 Å². The first-order valence-corrected chi connectivity index (χ1v) is 9.51. The molecule has 0 radical (unpaired) electrons. The standard InChI is InChI=1S/C22H22O6/c23-16-5-2-1-4-14(21(16)25)20-10-9-18(28-20)13-7-8-15(19-6-3-11-27-19)22(26)17(24)12-13/h1-2,4-5,7-8,12,18-20H,3,6,9-11H2,(H,23,25)(H,24,26)/t18?,19-,20+/m0/s1. The molecule has 2 heterocycles. The van der Waals surface area contributed by atoms with Gasteiger partial charge >= 0.3 is 0 Å². The Labute approximate surface area is 162 Å². The van der Waals surface area contributed by atoms with Crippen LogP contribution >= 0.6 is 0 Å². The minimum atomic E-state index is -0.464. The number of aromatic hydroxyl groups is 2. The van der Waals surface area contributed by atoms with E-state index in [1.165, 1.54) is 12.1 Å². The molecule has 2 aliphatic rings. The van der Waals surface area contributed by atoms with Crippen molar-refractivity contribution >= 4 is 0 Å². The second-order valence-electron chi connectivity index (χ2n) is 7.22. The minimum Gasteiger partial charge on any atom is -0.504 e. The van der Waals surface area contributed by atoms with Crippen LogP contribution in [0.1, 0.15) is 60.7 Å². The molecule has 2 saturated heterocycles. The molecule has 1 unspecified atom stereocenters. The number of rotatable bonds is 3. The number of hydrogen-bond acceptors (Lipinski definition) is 6. The molecule has 2 aromatic rings. The summed E-state index contributed by atoms with van der Waals surface area (Å²) in [6, 6.07) is 11.2. The maximum atomic E-state index is 12.4. The second-order valence-corrected chi connectivity index (χ2v) is 7.22. The third kappa shape index (κ3) is 3.53. The zero-order valence-corrected chi connectivity index (χ0v) is 15.3. The third-order valence-corrected chi connectivity index (χ3v) is 5.42. The zero-order valence-electron chi connectivity index (χ0n) is 15.3. The van der Waals surface area contributed by atoms with E-state index in [1.54, 1.807) is 30.3 Å². The first-order chi connectivity index (χ1) is 13.5. The summed E-state index contributed by atoms with van der Waals surface area (Å²) in [6.45, 7) is 0.622. The van der Waals surface area contributed by atoms with Crippen molar-refractivity contribution in [2.75, 3.05) is 6.61 Å². The van der Waals surface area contributed by atoms with Gasteiger partial charge in [0.05, 0.1) is 18.3 Å². The van der Waals surface area contributed by atoms with Gasteiger partial charge in [-0.2, -0.15) is 0 Å². The van der Waals surface area contributed by atoms with Gasteiger partial charge in [0, 0.05) is 17.7 Å². The molecule has 0 aromatic heterocycles. The van der Waals surface area contributed by atoms with Crippen LogP contribution in [0.5, 0.6) is 11.5 Å². The lowest BCUT2D eigenvalue weighted by Crippen LogP contribution is -2.04. The van der Waals surface area contributed by atoms with Crippen LogP contribution < -0.4 is 10.9 Å². The van der Waals surface area contributed by atoms with Gasteiger partial charge in [-0.15, -0.1) is 0 Å². The van der Waals surface area contributed by atoms with Gasteiger partial charge in [0.2, 0.25) is 10.9 Å². The molecule has 28 heavy (non-hydrogen) atoms.